The Labute approximate surface area is 214 Å². The fourth-order valence-electron chi connectivity index (χ4n) is 3.44. The molecule has 0 aliphatic carbocycles. The van der Waals surface area contributed by atoms with E-state index in [-0.39, 0.29) is 55.8 Å². The van der Waals surface area contributed by atoms with Crippen molar-refractivity contribution in [2.45, 2.75) is 52.4 Å². The van der Waals surface area contributed by atoms with Gasteiger partial charge >= 0.3 is 0 Å². The second kappa shape index (κ2) is 13.3. The molecule has 2 aromatic heterocycles. The largest absolute Gasteiger partial charge is 0.393 e. The van der Waals surface area contributed by atoms with Gasteiger partial charge in [-0.3, -0.25) is 19.6 Å². The first-order valence-electron chi connectivity index (χ1n) is 11.9. The Morgan fingerprint density at radius 3 is 2.86 bits per heavy atom. The van der Waals surface area contributed by atoms with Gasteiger partial charge < -0.3 is 21.4 Å². The van der Waals surface area contributed by atoms with Gasteiger partial charge in [-0.05, 0) is 38.3 Å². The van der Waals surface area contributed by atoms with Crippen LogP contribution in [-0.2, 0) is 22.7 Å². The summed E-state index contributed by atoms with van der Waals surface area (Å²) in [6.45, 7) is 4.10. The first-order chi connectivity index (χ1) is 17.7. The van der Waals surface area contributed by atoms with Gasteiger partial charge in [-0.15, -0.1) is 5.10 Å². The van der Waals surface area contributed by atoms with E-state index in [1.165, 1.54) is 17.1 Å². The minimum Gasteiger partial charge on any atom is -0.393 e. The summed E-state index contributed by atoms with van der Waals surface area (Å²) >= 11 is 0. The maximum Gasteiger partial charge on any atom is 0.268 e. The molecule has 0 bridgehead atoms. The summed E-state index contributed by atoms with van der Waals surface area (Å²) < 4.78 is 15.8. The molecule has 6 N–H and O–H groups in total. The van der Waals surface area contributed by atoms with Crippen LogP contribution in [-0.4, -0.2) is 55.7 Å². The minimum atomic E-state index is -1.29. The number of nitrogens with two attached hydrogens (primary N) is 2. The third-order valence-electron chi connectivity index (χ3n) is 5.54. The number of nitrogens with one attached hydrogen (secondary N) is 2. The molecule has 3 heterocycles. The number of hydrazine groups is 1. The van der Waals surface area contributed by atoms with E-state index in [4.69, 9.17) is 11.6 Å². The van der Waals surface area contributed by atoms with Crippen molar-refractivity contribution >= 4 is 23.8 Å². The van der Waals surface area contributed by atoms with Crippen LogP contribution >= 0.6 is 0 Å². The number of amides is 2. The maximum absolute atomic E-state index is 14.5. The Kier molecular flexibility index (Phi) is 9.84. The van der Waals surface area contributed by atoms with E-state index in [0.29, 0.717) is 0 Å². The molecule has 13 heteroatoms. The number of nitrogens with zero attached hydrogens (tertiary/aromatic N) is 6. The number of allylic oxidation sites excluding steroid dienone is 2. The highest BCUT2D eigenvalue weighted by molar-refractivity contribution is 5.92. The summed E-state index contributed by atoms with van der Waals surface area (Å²) in [5.74, 6) is 5.43. The van der Waals surface area contributed by atoms with Crippen molar-refractivity contribution in [1.29, 1.82) is 0 Å². The van der Waals surface area contributed by atoms with Crippen LogP contribution in [0.25, 0.3) is 0 Å². The zero-order chi connectivity index (χ0) is 26.8. The fraction of sp³-hybridized carbons (Fsp3) is 0.417. The SMILES string of the molecule is CC1=CCC(CC(=O)Nc2cn(CC(F)CCN(N)/C=C(\N)C(=O)NCc3ccc(C)nc3)nn2)C=N1. The van der Waals surface area contributed by atoms with Crippen LogP contribution in [0.4, 0.5) is 10.2 Å². The van der Waals surface area contributed by atoms with E-state index in [0.717, 1.165) is 28.4 Å². The highest BCUT2D eigenvalue weighted by atomic mass is 19.1. The average molecular weight is 513 g/mol. The topological polar surface area (TPSA) is 169 Å². The Morgan fingerprint density at radius 2 is 2.16 bits per heavy atom. The summed E-state index contributed by atoms with van der Waals surface area (Å²) in [5.41, 5.74) is 8.35. The van der Waals surface area contributed by atoms with E-state index in [2.05, 4.69) is 30.9 Å². The van der Waals surface area contributed by atoms with Crippen molar-refractivity contribution in [2.75, 3.05) is 11.9 Å². The van der Waals surface area contributed by atoms with Crippen LogP contribution in [0, 0.1) is 12.8 Å². The summed E-state index contributed by atoms with van der Waals surface area (Å²) in [4.78, 5) is 32.8. The number of halogens is 1. The van der Waals surface area contributed by atoms with E-state index in [1.54, 1.807) is 12.4 Å². The standard InChI is InChI=1S/C24H33FN10O2/c1-16-3-5-18(10-28-16)9-23(36)31-22-15-35(33-32-22)13-20(25)7-8-34(27)14-21(26)24(37)30-12-19-6-4-17(2)29-11-19/h3-4,6,10-11,14-15,18,20H,5,7-9,12-13,26-27H2,1-2H3,(H,30,37)(H,31,36)/b21-14-. The number of aliphatic imine (C=N–C) groups is 1. The predicted octanol–water partition coefficient (Wildman–Crippen LogP) is 1.33. The van der Waals surface area contributed by atoms with Crippen molar-refractivity contribution in [1.82, 2.24) is 30.3 Å². The second-order valence-electron chi connectivity index (χ2n) is 8.90. The highest BCUT2D eigenvalue weighted by Crippen LogP contribution is 2.16. The molecule has 0 saturated carbocycles. The number of carbonyl (C=O) groups is 2. The van der Waals surface area contributed by atoms with Gasteiger partial charge in [0.1, 0.15) is 11.9 Å². The molecular formula is C24H33FN10O2. The third kappa shape index (κ3) is 9.44. The molecule has 37 heavy (non-hydrogen) atoms. The van der Waals surface area contributed by atoms with E-state index in [9.17, 15) is 14.0 Å². The normalized spacial score (nSPS) is 16.2. The van der Waals surface area contributed by atoms with Crippen molar-refractivity contribution in [3.05, 3.63) is 59.5 Å². The van der Waals surface area contributed by atoms with Crippen LogP contribution < -0.4 is 22.2 Å². The first kappa shape index (κ1) is 27.5. The summed E-state index contributed by atoms with van der Waals surface area (Å²) in [5, 5.41) is 14.2. The van der Waals surface area contributed by atoms with Crippen LogP contribution in [0.2, 0.25) is 0 Å². The molecule has 0 saturated heterocycles. The molecule has 0 fully saturated rings. The van der Waals surface area contributed by atoms with Gasteiger partial charge in [0.2, 0.25) is 5.91 Å². The Bertz CT molecular complexity index is 1160. The summed E-state index contributed by atoms with van der Waals surface area (Å²) in [6.07, 6.45) is 7.96. The smallest absolute Gasteiger partial charge is 0.268 e. The monoisotopic (exact) mass is 512 g/mol. The second-order valence-corrected chi connectivity index (χ2v) is 8.90. The molecule has 1 aliphatic heterocycles. The van der Waals surface area contributed by atoms with Gasteiger partial charge in [-0.1, -0.05) is 17.4 Å². The average Bonchev–Trinajstić information content (AvgIpc) is 3.29. The lowest BCUT2D eigenvalue weighted by molar-refractivity contribution is -0.118. The molecule has 0 radical (unpaired) electrons. The number of anilines is 1. The van der Waals surface area contributed by atoms with Gasteiger partial charge in [0, 0.05) is 55.4 Å². The molecule has 2 amide bonds. The Balaban J connectivity index is 1.36. The van der Waals surface area contributed by atoms with E-state index >= 15 is 0 Å². The molecular weight excluding hydrogens is 479 g/mol. The van der Waals surface area contributed by atoms with Crippen molar-refractivity contribution < 1.29 is 14.0 Å². The van der Waals surface area contributed by atoms with E-state index < -0.39 is 12.1 Å². The molecule has 12 nitrogen and oxygen atoms in total. The van der Waals surface area contributed by atoms with Gasteiger partial charge in [0.15, 0.2) is 5.82 Å². The van der Waals surface area contributed by atoms with Gasteiger partial charge in [0.05, 0.1) is 12.7 Å². The summed E-state index contributed by atoms with van der Waals surface area (Å²) in [6, 6.07) is 3.70. The Morgan fingerprint density at radius 1 is 1.35 bits per heavy atom. The predicted molar refractivity (Wildman–Crippen MR) is 137 cm³/mol. The van der Waals surface area contributed by atoms with E-state index in [1.807, 2.05) is 32.1 Å². The maximum atomic E-state index is 14.5. The first-order valence-corrected chi connectivity index (χ1v) is 11.9. The Hall–Kier alpha value is -4.13. The fourth-order valence-corrected chi connectivity index (χ4v) is 3.44. The number of aryl methyl sites for hydroxylation is 1. The molecule has 2 atom stereocenters. The number of hydrogen-bond donors (Lipinski definition) is 4. The van der Waals surface area contributed by atoms with Gasteiger partial charge in [-0.2, -0.15) is 0 Å². The molecule has 2 unspecified atom stereocenters. The highest BCUT2D eigenvalue weighted by Gasteiger charge is 2.16. The van der Waals surface area contributed by atoms with Gasteiger partial charge in [-0.25, -0.2) is 14.9 Å². The molecule has 198 valence electrons. The number of aromatic nitrogens is 4. The molecule has 0 aromatic carbocycles. The molecule has 0 spiro atoms. The van der Waals surface area contributed by atoms with Crippen LogP contribution in [0.5, 0.6) is 0 Å². The number of hydrogen-bond acceptors (Lipinski definition) is 9. The number of rotatable bonds is 12. The summed E-state index contributed by atoms with van der Waals surface area (Å²) in [7, 11) is 0. The van der Waals surface area contributed by atoms with Crippen molar-refractivity contribution in [3.63, 3.8) is 0 Å². The van der Waals surface area contributed by atoms with Crippen molar-refractivity contribution in [3.8, 4) is 0 Å². The van der Waals surface area contributed by atoms with Gasteiger partial charge in [0.25, 0.3) is 5.91 Å². The zero-order valence-corrected chi connectivity index (χ0v) is 21.0. The number of alkyl halides is 1. The number of carbonyl (C=O) groups excluding carboxylic acids is 2. The van der Waals surface area contributed by atoms with Crippen LogP contribution in [0.3, 0.4) is 0 Å². The van der Waals surface area contributed by atoms with Crippen LogP contribution in [0.15, 0.2) is 53.2 Å². The molecule has 3 rings (SSSR count). The lowest BCUT2D eigenvalue weighted by atomic mass is 10.00. The lowest BCUT2D eigenvalue weighted by Crippen LogP contribution is -2.34. The van der Waals surface area contributed by atoms with Crippen LogP contribution in [0.1, 0.15) is 37.4 Å². The molecule has 1 aliphatic rings. The third-order valence-corrected chi connectivity index (χ3v) is 5.54. The minimum absolute atomic E-state index is 0.0350. The lowest BCUT2D eigenvalue weighted by Gasteiger charge is -2.16. The van der Waals surface area contributed by atoms with Crippen molar-refractivity contribution in [2.24, 2.45) is 22.5 Å². The molecule has 2 aromatic rings. The number of pyridine rings is 1. The quantitative estimate of drug-likeness (QED) is 0.187. The zero-order valence-electron chi connectivity index (χ0n) is 21.0.